The molecular formula is C16H18FNO. The highest BCUT2D eigenvalue weighted by atomic mass is 19.1. The SMILES string of the molecule is OC(CNCCc1ccc(F)cc1)c1ccccc1. The van der Waals surface area contributed by atoms with Crippen LogP contribution < -0.4 is 5.32 Å². The lowest BCUT2D eigenvalue weighted by Crippen LogP contribution is -2.23. The number of nitrogens with one attached hydrogen (secondary N) is 1. The number of hydrogen-bond acceptors (Lipinski definition) is 2. The van der Waals surface area contributed by atoms with Crippen LogP contribution >= 0.6 is 0 Å². The Morgan fingerprint density at radius 2 is 1.68 bits per heavy atom. The Balaban J connectivity index is 1.71. The topological polar surface area (TPSA) is 32.3 Å². The Morgan fingerprint density at radius 1 is 1.00 bits per heavy atom. The fraction of sp³-hybridized carbons (Fsp3) is 0.250. The van der Waals surface area contributed by atoms with E-state index in [1.165, 1.54) is 12.1 Å². The van der Waals surface area contributed by atoms with Gasteiger partial charge in [-0.3, -0.25) is 0 Å². The van der Waals surface area contributed by atoms with Gasteiger partial charge in [-0.25, -0.2) is 4.39 Å². The molecule has 1 unspecified atom stereocenters. The quantitative estimate of drug-likeness (QED) is 0.782. The Bertz CT molecular complexity index is 484. The predicted molar refractivity (Wildman–Crippen MR) is 74.4 cm³/mol. The van der Waals surface area contributed by atoms with E-state index in [1.807, 2.05) is 30.3 Å². The smallest absolute Gasteiger partial charge is 0.123 e. The van der Waals surface area contributed by atoms with E-state index >= 15 is 0 Å². The summed E-state index contributed by atoms with van der Waals surface area (Å²) in [4.78, 5) is 0. The average molecular weight is 259 g/mol. The Labute approximate surface area is 112 Å². The van der Waals surface area contributed by atoms with Crippen molar-refractivity contribution in [1.82, 2.24) is 5.32 Å². The van der Waals surface area contributed by atoms with E-state index in [-0.39, 0.29) is 5.82 Å². The number of halogens is 1. The van der Waals surface area contributed by atoms with Crippen LogP contribution in [0.5, 0.6) is 0 Å². The minimum atomic E-state index is -0.491. The van der Waals surface area contributed by atoms with Crippen LogP contribution in [0, 0.1) is 5.82 Å². The lowest BCUT2D eigenvalue weighted by Gasteiger charge is -2.12. The molecule has 100 valence electrons. The molecule has 2 nitrogen and oxygen atoms in total. The number of hydrogen-bond donors (Lipinski definition) is 2. The fourth-order valence-electron chi connectivity index (χ4n) is 1.92. The van der Waals surface area contributed by atoms with Crippen LogP contribution in [-0.2, 0) is 6.42 Å². The molecule has 2 N–H and O–H groups in total. The van der Waals surface area contributed by atoms with E-state index in [0.29, 0.717) is 6.54 Å². The van der Waals surface area contributed by atoms with Gasteiger partial charge in [0.1, 0.15) is 5.82 Å². The molecule has 0 aliphatic rings. The molecule has 0 saturated heterocycles. The average Bonchev–Trinajstić information content (AvgIpc) is 2.46. The van der Waals surface area contributed by atoms with E-state index < -0.39 is 6.10 Å². The zero-order valence-corrected chi connectivity index (χ0v) is 10.7. The zero-order chi connectivity index (χ0) is 13.5. The fourth-order valence-corrected chi connectivity index (χ4v) is 1.92. The molecule has 0 amide bonds. The Kier molecular flexibility index (Phi) is 5.07. The van der Waals surface area contributed by atoms with Crippen molar-refractivity contribution >= 4 is 0 Å². The summed E-state index contributed by atoms with van der Waals surface area (Å²) >= 11 is 0. The van der Waals surface area contributed by atoms with Crippen molar-refractivity contribution in [2.24, 2.45) is 0 Å². The summed E-state index contributed by atoms with van der Waals surface area (Å²) in [6.07, 6.45) is 0.330. The second-order valence-electron chi connectivity index (χ2n) is 4.51. The van der Waals surface area contributed by atoms with Crippen molar-refractivity contribution in [3.8, 4) is 0 Å². The van der Waals surface area contributed by atoms with Gasteiger partial charge in [-0.15, -0.1) is 0 Å². The first-order valence-corrected chi connectivity index (χ1v) is 6.44. The summed E-state index contributed by atoms with van der Waals surface area (Å²) in [6.45, 7) is 1.28. The van der Waals surface area contributed by atoms with Gasteiger partial charge in [-0.05, 0) is 36.2 Å². The summed E-state index contributed by atoms with van der Waals surface area (Å²) in [5, 5.41) is 13.1. The third-order valence-corrected chi connectivity index (χ3v) is 3.03. The number of benzene rings is 2. The summed E-state index contributed by atoms with van der Waals surface area (Å²) in [5.74, 6) is -0.212. The molecule has 0 radical (unpaired) electrons. The highest BCUT2D eigenvalue weighted by Gasteiger charge is 2.05. The highest BCUT2D eigenvalue weighted by molar-refractivity contribution is 5.18. The van der Waals surface area contributed by atoms with Gasteiger partial charge in [-0.2, -0.15) is 0 Å². The van der Waals surface area contributed by atoms with Gasteiger partial charge >= 0.3 is 0 Å². The first-order valence-electron chi connectivity index (χ1n) is 6.44. The van der Waals surface area contributed by atoms with Gasteiger partial charge < -0.3 is 10.4 Å². The van der Waals surface area contributed by atoms with Crippen molar-refractivity contribution in [2.45, 2.75) is 12.5 Å². The molecule has 0 aliphatic heterocycles. The van der Waals surface area contributed by atoms with E-state index in [9.17, 15) is 9.50 Å². The van der Waals surface area contributed by atoms with Crippen molar-refractivity contribution in [1.29, 1.82) is 0 Å². The van der Waals surface area contributed by atoms with Crippen LogP contribution in [-0.4, -0.2) is 18.2 Å². The van der Waals surface area contributed by atoms with E-state index in [4.69, 9.17) is 0 Å². The van der Waals surface area contributed by atoms with E-state index in [1.54, 1.807) is 12.1 Å². The lowest BCUT2D eigenvalue weighted by atomic mass is 10.1. The maximum Gasteiger partial charge on any atom is 0.123 e. The minimum absolute atomic E-state index is 0.212. The first-order chi connectivity index (χ1) is 9.25. The molecule has 0 saturated carbocycles. The van der Waals surface area contributed by atoms with Crippen molar-refractivity contribution < 1.29 is 9.50 Å². The summed E-state index contributed by atoms with van der Waals surface area (Å²) in [6, 6.07) is 16.1. The summed E-state index contributed by atoms with van der Waals surface area (Å²) in [7, 11) is 0. The predicted octanol–water partition coefficient (Wildman–Crippen LogP) is 2.69. The lowest BCUT2D eigenvalue weighted by molar-refractivity contribution is 0.175. The molecule has 0 aliphatic carbocycles. The molecule has 0 bridgehead atoms. The third-order valence-electron chi connectivity index (χ3n) is 3.03. The number of aliphatic hydroxyl groups excluding tert-OH is 1. The molecule has 2 aromatic carbocycles. The second-order valence-corrected chi connectivity index (χ2v) is 4.51. The van der Waals surface area contributed by atoms with Crippen LogP contribution in [0.3, 0.4) is 0 Å². The van der Waals surface area contributed by atoms with Gasteiger partial charge in [0.2, 0.25) is 0 Å². The molecule has 19 heavy (non-hydrogen) atoms. The largest absolute Gasteiger partial charge is 0.387 e. The maximum atomic E-state index is 12.7. The Morgan fingerprint density at radius 3 is 2.37 bits per heavy atom. The van der Waals surface area contributed by atoms with Crippen LogP contribution in [0.4, 0.5) is 4.39 Å². The van der Waals surface area contributed by atoms with Gasteiger partial charge in [0.15, 0.2) is 0 Å². The van der Waals surface area contributed by atoms with Crippen molar-refractivity contribution in [3.05, 3.63) is 71.5 Å². The molecule has 0 fully saturated rings. The number of rotatable bonds is 6. The van der Waals surface area contributed by atoms with Crippen LogP contribution in [0.15, 0.2) is 54.6 Å². The molecule has 0 aromatic heterocycles. The van der Waals surface area contributed by atoms with Gasteiger partial charge in [0, 0.05) is 6.54 Å². The molecule has 2 rings (SSSR count). The van der Waals surface area contributed by atoms with Crippen LogP contribution in [0.2, 0.25) is 0 Å². The molecule has 2 aromatic rings. The van der Waals surface area contributed by atoms with E-state index in [0.717, 1.165) is 24.1 Å². The Hall–Kier alpha value is -1.71. The molecule has 3 heteroatoms. The number of aliphatic hydroxyl groups is 1. The highest BCUT2D eigenvalue weighted by Crippen LogP contribution is 2.10. The van der Waals surface area contributed by atoms with Gasteiger partial charge in [-0.1, -0.05) is 42.5 Å². The first kappa shape index (κ1) is 13.7. The second kappa shape index (κ2) is 7.02. The van der Waals surface area contributed by atoms with E-state index in [2.05, 4.69) is 5.32 Å². The standard InChI is InChI=1S/C16H18FNO/c17-15-8-6-13(7-9-15)10-11-18-12-16(19)14-4-2-1-3-5-14/h1-9,16,18-19H,10-12H2. The minimum Gasteiger partial charge on any atom is -0.387 e. The molecule has 0 spiro atoms. The van der Waals surface area contributed by atoms with Crippen molar-refractivity contribution in [3.63, 3.8) is 0 Å². The molecular weight excluding hydrogens is 241 g/mol. The molecule has 1 atom stereocenters. The van der Waals surface area contributed by atoms with Crippen LogP contribution in [0.1, 0.15) is 17.2 Å². The van der Waals surface area contributed by atoms with Gasteiger partial charge in [0.25, 0.3) is 0 Å². The maximum absolute atomic E-state index is 12.7. The zero-order valence-electron chi connectivity index (χ0n) is 10.7. The molecule has 0 heterocycles. The van der Waals surface area contributed by atoms with Crippen LogP contribution in [0.25, 0.3) is 0 Å². The summed E-state index contributed by atoms with van der Waals surface area (Å²) in [5.41, 5.74) is 2.00. The normalized spacial score (nSPS) is 12.3. The summed E-state index contributed by atoms with van der Waals surface area (Å²) < 4.78 is 12.7. The monoisotopic (exact) mass is 259 g/mol. The van der Waals surface area contributed by atoms with Crippen molar-refractivity contribution in [2.75, 3.05) is 13.1 Å². The third kappa shape index (κ3) is 4.47. The van der Waals surface area contributed by atoms with Gasteiger partial charge in [0.05, 0.1) is 6.10 Å².